The van der Waals surface area contributed by atoms with Gasteiger partial charge in [-0.05, 0) is 0 Å². The van der Waals surface area contributed by atoms with Crippen LogP contribution in [0.2, 0.25) is 0 Å². The van der Waals surface area contributed by atoms with E-state index in [-0.39, 0.29) is 6.10 Å². The van der Waals surface area contributed by atoms with Gasteiger partial charge in [0.05, 0.1) is 13.7 Å². The van der Waals surface area contributed by atoms with Crippen molar-refractivity contribution < 1.29 is 13.9 Å². The summed E-state index contributed by atoms with van der Waals surface area (Å²) in [5.74, 6) is 1.52. The molecule has 2 rings (SSSR count). The third-order valence-corrected chi connectivity index (χ3v) is 2.01. The normalized spacial score (nSPS) is 23.0. The predicted molar refractivity (Wildman–Crippen MR) is 45.8 cm³/mol. The number of nitrogens with zero attached hydrogens (tertiary/aromatic N) is 1. The molecule has 1 fully saturated rings. The van der Waals surface area contributed by atoms with Crippen LogP contribution in [0.3, 0.4) is 0 Å². The van der Waals surface area contributed by atoms with Crippen molar-refractivity contribution in [2.75, 3.05) is 26.8 Å². The Labute approximate surface area is 76.8 Å². The number of ether oxygens (including phenoxy) is 2. The molecule has 1 aliphatic heterocycles. The summed E-state index contributed by atoms with van der Waals surface area (Å²) in [5, 5.41) is 4.24. The lowest BCUT2D eigenvalue weighted by Crippen LogP contribution is -2.28. The quantitative estimate of drug-likeness (QED) is 0.684. The minimum absolute atomic E-state index is 0.0300. The second kappa shape index (κ2) is 3.81. The van der Waals surface area contributed by atoms with Crippen LogP contribution in [0.5, 0.6) is 5.75 Å². The minimum Gasteiger partial charge on any atom is -0.493 e. The molecular weight excluding hydrogens is 170 g/mol. The summed E-state index contributed by atoms with van der Waals surface area (Å²) in [6.07, 6.45) is 1.55. The molecule has 1 aromatic rings. The number of furan rings is 1. The Morgan fingerprint density at radius 2 is 2.54 bits per heavy atom. The smallest absolute Gasteiger partial charge is 0.157 e. The summed E-state index contributed by atoms with van der Waals surface area (Å²) in [6.45, 7) is 2.14. The van der Waals surface area contributed by atoms with Gasteiger partial charge in [-0.1, -0.05) is 0 Å². The molecule has 0 aliphatic carbocycles. The molecule has 4 nitrogen and oxygen atoms in total. The number of hydrogen-bond acceptors (Lipinski definition) is 3. The Hall–Kier alpha value is -1.00. The summed E-state index contributed by atoms with van der Waals surface area (Å²) in [4.78, 5) is 0. The van der Waals surface area contributed by atoms with Gasteiger partial charge in [0.25, 0.3) is 0 Å². The van der Waals surface area contributed by atoms with Crippen LogP contribution in [-0.2, 0) is 4.74 Å². The highest BCUT2D eigenvalue weighted by Gasteiger charge is 2.19. The zero-order chi connectivity index (χ0) is 9.10. The SMILES string of the molecule is COc1coc(C2C[N]CCO2)c1. The molecule has 0 amide bonds. The van der Waals surface area contributed by atoms with Crippen LogP contribution >= 0.6 is 0 Å². The van der Waals surface area contributed by atoms with Crippen molar-refractivity contribution in [3.63, 3.8) is 0 Å². The lowest BCUT2D eigenvalue weighted by Gasteiger charge is -2.19. The highest BCUT2D eigenvalue weighted by molar-refractivity contribution is 5.21. The fraction of sp³-hybridized carbons (Fsp3) is 0.556. The van der Waals surface area contributed by atoms with E-state index in [0.29, 0.717) is 13.2 Å². The molecule has 0 saturated carbocycles. The number of methoxy groups -OCH3 is 1. The van der Waals surface area contributed by atoms with E-state index in [1.807, 2.05) is 6.07 Å². The van der Waals surface area contributed by atoms with Gasteiger partial charge in [0.15, 0.2) is 5.75 Å². The fourth-order valence-electron chi connectivity index (χ4n) is 1.30. The second-order valence-corrected chi connectivity index (χ2v) is 2.88. The molecule has 1 radical (unpaired) electrons. The van der Waals surface area contributed by atoms with Crippen molar-refractivity contribution in [1.29, 1.82) is 0 Å². The molecule has 0 spiro atoms. The van der Waals surface area contributed by atoms with Gasteiger partial charge in [0, 0.05) is 19.2 Å². The third-order valence-electron chi connectivity index (χ3n) is 2.01. The standard InChI is InChI=1S/C9H12NO3/c1-11-7-4-8(13-6-7)9-5-10-2-3-12-9/h4,6,9H,2-3,5H2,1H3. The number of hydrogen-bond donors (Lipinski definition) is 0. The fourth-order valence-corrected chi connectivity index (χ4v) is 1.30. The van der Waals surface area contributed by atoms with Crippen LogP contribution in [0, 0.1) is 0 Å². The van der Waals surface area contributed by atoms with Crippen LogP contribution in [-0.4, -0.2) is 26.8 Å². The van der Waals surface area contributed by atoms with E-state index in [1.165, 1.54) is 0 Å². The molecule has 2 heterocycles. The first-order valence-electron chi connectivity index (χ1n) is 4.27. The molecule has 1 aromatic heterocycles. The van der Waals surface area contributed by atoms with Gasteiger partial charge in [-0.2, -0.15) is 0 Å². The van der Waals surface area contributed by atoms with Crippen LogP contribution in [0.25, 0.3) is 0 Å². The van der Waals surface area contributed by atoms with E-state index in [1.54, 1.807) is 13.4 Å². The van der Waals surface area contributed by atoms with Crippen LogP contribution < -0.4 is 10.1 Å². The van der Waals surface area contributed by atoms with Gasteiger partial charge in [-0.25, -0.2) is 5.32 Å². The Bertz CT molecular complexity index is 266. The average Bonchev–Trinajstić information content (AvgIpc) is 2.67. The van der Waals surface area contributed by atoms with E-state index < -0.39 is 0 Å². The second-order valence-electron chi connectivity index (χ2n) is 2.88. The summed E-state index contributed by atoms with van der Waals surface area (Å²) < 4.78 is 15.8. The third kappa shape index (κ3) is 1.84. The maximum atomic E-state index is 5.48. The van der Waals surface area contributed by atoms with Crippen LogP contribution in [0.15, 0.2) is 16.7 Å². The Balaban J connectivity index is 2.05. The van der Waals surface area contributed by atoms with Gasteiger partial charge in [0.2, 0.25) is 0 Å². The minimum atomic E-state index is -0.0300. The lowest BCUT2D eigenvalue weighted by molar-refractivity contribution is 0.0127. The first-order valence-corrected chi connectivity index (χ1v) is 4.27. The van der Waals surface area contributed by atoms with Gasteiger partial charge < -0.3 is 13.9 Å². The highest BCUT2D eigenvalue weighted by Crippen LogP contribution is 2.24. The first kappa shape index (κ1) is 8.59. The maximum absolute atomic E-state index is 5.48. The number of morpholine rings is 1. The molecule has 13 heavy (non-hydrogen) atoms. The van der Waals surface area contributed by atoms with Crippen molar-refractivity contribution in [2.24, 2.45) is 0 Å². The van der Waals surface area contributed by atoms with E-state index in [0.717, 1.165) is 18.1 Å². The monoisotopic (exact) mass is 182 g/mol. The summed E-state index contributed by atoms with van der Waals surface area (Å²) in [6, 6.07) is 1.84. The van der Waals surface area contributed by atoms with Gasteiger partial charge in [0.1, 0.15) is 18.1 Å². The Morgan fingerprint density at radius 3 is 3.15 bits per heavy atom. The van der Waals surface area contributed by atoms with E-state index in [2.05, 4.69) is 5.32 Å². The van der Waals surface area contributed by atoms with E-state index in [4.69, 9.17) is 13.9 Å². The number of rotatable bonds is 2. The Morgan fingerprint density at radius 1 is 1.62 bits per heavy atom. The van der Waals surface area contributed by atoms with Crippen molar-refractivity contribution >= 4 is 0 Å². The molecular formula is C9H12NO3. The lowest BCUT2D eigenvalue weighted by atomic mass is 10.2. The summed E-state index contributed by atoms with van der Waals surface area (Å²) in [5.41, 5.74) is 0. The molecule has 0 aromatic carbocycles. The van der Waals surface area contributed by atoms with Crippen LogP contribution in [0.4, 0.5) is 0 Å². The summed E-state index contributed by atoms with van der Waals surface area (Å²) >= 11 is 0. The van der Waals surface area contributed by atoms with Crippen molar-refractivity contribution in [3.8, 4) is 5.75 Å². The summed E-state index contributed by atoms with van der Waals surface area (Å²) in [7, 11) is 1.61. The topological polar surface area (TPSA) is 45.7 Å². The van der Waals surface area contributed by atoms with Crippen molar-refractivity contribution in [3.05, 3.63) is 18.1 Å². The molecule has 1 unspecified atom stereocenters. The molecule has 1 saturated heterocycles. The molecule has 4 heteroatoms. The van der Waals surface area contributed by atoms with Crippen molar-refractivity contribution in [2.45, 2.75) is 6.10 Å². The maximum Gasteiger partial charge on any atom is 0.157 e. The predicted octanol–water partition coefficient (Wildman–Crippen LogP) is 0.964. The van der Waals surface area contributed by atoms with E-state index >= 15 is 0 Å². The van der Waals surface area contributed by atoms with Crippen LogP contribution in [0.1, 0.15) is 11.9 Å². The van der Waals surface area contributed by atoms with Gasteiger partial charge >= 0.3 is 0 Å². The molecule has 1 aliphatic rings. The Kier molecular flexibility index (Phi) is 2.52. The zero-order valence-electron chi connectivity index (χ0n) is 7.53. The molecule has 0 bridgehead atoms. The van der Waals surface area contributed by atoms with Crippen molar-refractivity contribution in [1.82, 2.24) is 5.32 Å². The molecule has 1 atom stereocenters. The highest BCUT2D eigenvalue weighted by atomic mass is 16.5. The zero-order valence-corrected chi connectivity index (χ0v) is 7.53. The van der Waals surface area contributed by atoms with E-state index in [9.17, 15) is 0 Å². The first-order chi connectivity index (χ1) is 6.40. The van der Waals surface area contributed by atoms with Gasteiger partial charge in [-0.3, -0.25) is 0 Å². The molecule has 0 N–H and O–H groups in total. The average molecular weight is 182 g/mol. The molecule has 71 valence electrons. The largest absolute Gasteiger partial charge is 0.493 e. The van der Waals surface area contributed by atoms with Gasteiger partial charge in [-0.15, -0.1) is 0 Å².